The Hall–Kier alpha value is -1.48. The highest BCUT2D eigenvalue weighted by molar-refractivity contribution is 7.89. The normalized spacial score (nSPS) is 20.5. The van der Waals surface area contributed by atoms with Gasteiger partial charge in [-0.3, -0.25) is 9.69 Å². The number of benzene rings is 1. The first-order chi connectivity index (χ1) is 13.9. The lowest BCUT2D eigenvalue weighted by atomic mass is 10.0. The summed E-state index contributed by atoms with van der Waals surface area (Å²) >= 11 is 0. The van der Waals surface area contributed by atoms with Crippen molar-refractivity contribution in [3.63, 3.8) is 0 Å². The second-order valence-corrected chi connectivity index (χ2v) is 10.1. The third-order valence-corrected chi connectivity index (χ3v) is 7.74. The van der Waals surface area contributed by atoms with Crippen molar-refractivity contribution in [3.05, 3.63) is 29.8 Å². The number of carbonyl (C=O) groups is 1. The SMILES string of the molecule is CC(C)C(CNC(=O)c1ccc(S(=O)(=O)N2CCCCC2)cc1)N1CCOCC1. The Bertz CT molecular complexity index is 768. The van der Waals surface area contributed by atoms with Gasteiger partial charge in [-0.2, -0.15) is 4.31 Å². The fourth-order valence-electron chi connectivity index (χ4n) is 4.03. The molecule has 1 atom stereocenters. The lowest BCUT2D eigenvalue weighted by molar-refractivity contribution is 0.00672. The van der Waals surface area contributed by atoms with Crippen molar-refractivity contribution in [3.8, 4) is 0 Å². The molecule has 2 heterocycles. The van der Waals surface area contributed by atoms with Crippen LogP contribution in [-0.2, 0) is 14.8 Å². The average molecular weight is 424 g/mol. The molecule has 0 bridgehead atoms. The van der Waals surface area contributed by atoms with Crippen LogP contribution in [0.4, 0.5) is 0 Å². The molecule has 1 amide bonds. The van der Waals surface area contributed by atoms with E-state index in [-0.39, 0.29) is 16.8 Å². The van der Waals surface area contributed by atoms with Gasteiger partial charge in [-0.05, 0) is 43.0 Å². The highest BCUT2D eigenvalue weighted by atomic mass is 32.2. The molecule has 0 aromatic heterocycles. The van der Waals surface area contributed by atoms with Gasteiger partial charge in [0.15, 0.2) is 0 Å². The summed E-state index contributed by atoms with van der Waals surface area (Å²) in [6, 6.07) is 6.54. The molecule has 0 aliphatic carbocycles. The summed E-state index contributed by atoms with van der Waals surface area (Å²) in [6.45, 7) is 9.23. The number of piperidine rings is 1. The van der Waals surface area contributed by atoms with Crippen LogP contribution in [0.25, 0.3) is 0 Å². The maximum absolute atomic E-state index is 12.7. The fourth-order valence-corrected chi connectivity index (χ4v) is 5.54. The number of carbonyl (C=O) groups excluding carboxylic acids is 1. The molecule has 29 heavy (non-hydrogen) atoms. The molecule has 1 aromatic rings. The van der Waals surface area contributed by atoms with Crippen molar-refractivity contribution in [2.24, 2.45) is 5.92 Å². The van der Waals surface area contributed by atoms with Crippen LogP contribution in [0.3, 0.4) is 0 Å². The molecule has 0 radical (unpaired) electrons. The monoisotopic (exact) mass is 423 g/mol. The lowest BCUT2D eigenvalue weighted by Crippen LogP contribution is -2.51. The second kappa shape index (κ2) is 10.0. The molecule has 2 aliphatic rings. The molecule has 7 nitrogen and oxygen atoms in total. The zero-order valence-corrected chi connectivity index (χ0v) is 18.3. The molecular weight excluding hydrogens is 390 g/mol. The van der Waals surface area contributed by atoms with Gasteiger partial charge in [-0.15, -0.1) is 0 Å². The number of ether oxygens (including phenoxy) is 1. The molecule has 1 N–H and O–H groups in total. The van der Waals surface area contributed by atoms with Crippen molar-refractivity contribution in [2.45, 2.75) is 44.0 Å². The largest absolute Gasteiger partial charge is 0.379 e. The number of rotatable bonds is 7. The minimum absolute atomic E-state index is 0.175. The summed E-state index contributed by atoms with van der Waals surface area (Å²) in [6.07, 6.45) is 2.88. The summed E-state index contributed by atoms with van der Waals surface area (Å²) in [7, 11) is -3.47. The maximum atomic E-state index is 12.7. The minimum Gasteiger partial charge on any atom is -0.379 e. The first-order valence-corrected chi connectivity index (χ1v) is 12.0. The van der Waals surface area contributed by atoms with E-state index in [0.29, 0.717) is 31.1 Å². The van der Waals surface area contributed by atoms with Gasteiger partial charge in [0.05, 0.1) is 18.1 Å². The highest BCUT2D eigenvalue weighted by Crippen LogP contribution is 2.21. The average Bonchev–Trinajstić information content (AvgIpc) is 2.75. The summed E-state index contributed by atoms with van der Waals surface area (Å²) < 4.78 is 32.5. The molecule has 2 saturated heterocycles. The number of hydrogen-bond acceptors (Lipinski definition) is 5. The Morgan fingerprint density at radius 3 is 2.24 bits per heavy atom. The zero-order chi connectivity index (χ0) is 20.9. The van der Waals surface area contributed by atoms with Crippen LogP contribution < -0.4 is 5.32 Å². The molecule has 8 heteroatoms. The van der Waals surface area contributed by atoms with Gasteiger partial charge in [0.2, 0.25) is 10.0 Å². The Morgan fingerprint density at radius 1 is 1.03 bits per heavy atom. The number of amides is 1. The van der Waals surface area contributed by atoms with E-state index in [1.54, 1.807) is 28.6 Å². The fraction of sp³-hybridized carbons (Fsp3) is 0.667. The van der Waals surface area contributed by atoms with E-state index in [9.17, 15) is 13.2 Å². The van der Waals surface area contributed by atoms with Crippen molar-refractivity contribution in [2.75, 3.05) is 45.9 Å². The standard InChI is InChI=1S/C21H33N3O4S/c1-17(2)20(23-12-14-28-15-13-23)16-22-21(25)18-6-8-19(9-7-18)29(26,27)24-10-4-3-5-11-24/h6-9,17,20H,3-5,10-16H2,1-2H3,(H,22,25). The van der Waals surface area contributed by atoms with Crippen molar-refractivity contribution < 1.29 is 17.9 Å². The predicted molar refractivity (Wildman–Crippen MR) is 112 cm³/mol. The van der Waals surface area contributed by atoms with Crippen LogP contribution in [0.15, 0.2) is 29.2 Å². The topological polar surface area (TPSA) is 79.0 Å². The van der Waals surface area contributed by atoms with Gasteiger partial charge >= 0.3 is 0 Å². The van der Waals surface area contributed by atoms with Crippen molar-refractivity contribution >= 4 is 15.9 Å². The van der Waals surface area contributed by atoms with Crippen LogP contribution >= 0.6 is 0 Å². The van der Waals surface area contributed by atoms with E-state index in [2.05, 4.69) is 24.1 Å². The minimum atomic E-state index is -3.47. The molecule has 1 aromatic carbocycles. The Balaban J connectivity index is 1.61. The van der Waals surface area contributed by atoms with E-state index >= 15 is 0 Å². The van der Waals surface area contributed by atoms with E-state index in [1.807, 2.05) is 0 Å². The smallest absolute Gasteiger partial charge is 0.251 e. The number of nitrogens with one attached hydrogen (secondary N) is 1. The first-order valence-electron chi connectivity index (χ1n) is 10.6. The number of nitrogens with zero attached hydrogens (tertiary/aromatic N) is 2. The van der Waals surface area contributed by atoms with E-state index < -0.39 is 10.0 Å². The summed E-state index contributed by atoms with van der Waals surface area (Å²) in [5, 5.41) is 3.02. The summed E-state index contributed by atoms with van der Waals surface area (Å²) in [4.78, 5) is 15.2. The van der Waals surface area contributed by atoms with E-state index in [1.165, 1.54) is 0 Å². The predicted octanol–water partition coefficient (Wildman–Crippen LogP) is 1.95. The van der Waals surface area contributed by atoms with Crippen LogP contribution in [0.5, 0.6) is 0 Å². The molecule has 162 valence electrons. The van der Waals surface area contributed by atoms with Gasteiger partial charge in [-0.25, -0.2) is 8.42 Å². The van der Waals surface area contributed by atoms with Gasteiger partial charge in [0, 0.05) is 44.3 Å². The second-order valence-electron chi connectivity index (χ2n) is 8.16. The number of morpholine rings is 1. The Morgan fingerprint density at radius 2 is 1.66 bits per heavy atom. The van der Waals surface area contributed by atoms with Crippen LogP contribution in [-0.4, -0.2) is 75.5 Å². The molecular formula is C21H33N3O4S. The van der Waals surface area contributed by atoms with E-state index in [0.717, 1.165) is 45.6 Å². The summed E-state index contributed by atoms with van der Waals surface area (Å²) in [5.41, 5.74) is 0.479. The molecule has 2 fully saturated rings. The molecule has 1 unspecified atom stereocenters. The summed E-state index contributed by atoms with van der Waals surface area (Å²) in [5.74, 6) is 0.233. The lowest BCUT2D eigenvalue weighted by Gasteiger charge is -2.36. The third-order valence-electron chi connectivity index (χ3n) is 5.83. The Labute approximate surface area is 174 Å². The highest BCUT2D eigenvalue weighted by Gasteiger charge is 2.27. The third kappa shape index (κ3) is 5.57. The maximum Gasteiger partial charge on any atom is 0.251 e. The quantitative estimate of drug-likeness (QED) is 0.725. The van der Waals surface area contributed by atoms with Gasteiger partial charge in [-0.1, -0.05) is 20.3 Å². The van der Waals surface area contributed by atoms with Crippen LogP contribution in [0, 0.1) is 5.92 Å². The molecule has 2 aliphatic heterocycles. The number of sulfonamides is 1. The Kier molecular flexibility index (Phi) is 7.67. The first kappa shape index (κ1) is 22.2. The van der Waals surface area contributed by atoms with Gasteiger partial charge < -0.3 is 10.1 Å². The van der Waals surface area contributed by atoms with Gasteiger partial charge in [0.25, 0.3) is 5.91 Å². The van der Waals surface area contributed by atoms with Crippen LogP contribution in [0.1, 0.15) is 43.5 Å². The van der Waals surface area contributed by atoms with Crippen LogP contribution in [0.2, 0.25) is 0 Å². The van der Waals surface area contributed by atoms with Gasteiger partial charge in [0.1, 0.15) is 0 Å². The number of hydrogen-bond donors (Lipinski definition) is 1. The van der Waals surface area contributed by atoms with Crippen molar-refractivity contribution in [1.82, 2.24) is 14.5 Å². The van der Waals surface area contributed by atoms with E-state index in [4.69, 9.17) is 4.74 Å². The van der Waals surface area contributed by atoms with Crippen molar-refractivity contribution in [1.29, 1.82) is 0 Å². The molecule has 0 spiro atoms. The zero-order valence-electron chi connectivity index (χ0n) is 17.5. The molecule has 3 rings (SSSR count). The molecule has 0 saturated carbocycles.